The summed E-state index contributed by atoms with van der Waals surface area (Å²) >= 11 is 0. The van der Waals surface area contributed by atoms with Crippen LogP contribution in [0.5, 0.6) is 0 Å². The Balaban J connectivity index is 5.90. The average Bonchev–Trinajstić information content (AvgIpc) is 3.10. The van der Waals surface area contributed by atoms with Crippen molar-refractivity contribution in [2.75, 3.05) is 13.2 Å². The Bertz CT molecular complexity index is 1380. The fourth-order valence-electron chi connectivity index (χ4n) is 4.85. The molecule has 0 fully saturated rings. The van der Waals surface area contributed by atoms with E-state index >= 15 is 0 Å². The first-order valence-corrected chi connectivity index (χ1v) is 17.7. The van der Waals surface area contributed by atoms with Gasteiger partial charge in [-0.15, -0.1) is 0 Å². The third-order valence-electron chi connectivity index (χ3n) is 8.30. The highest BCUT2D eigenvalue weighted by molar-refractivity contribution is 5.97. The van der Waals surface area contributed by atoms with Crippen LogP contribution < -0.4 is 43.0 Å². The number of rotatable bonds is 27. The molecule has 0 aliphatic heterocycles. The lowest BCUT2D eigenvalue weighted by Crippen LogP contribution is -2.61. The molecule has 0 radical (unpaired) electrons. The lowest BCUT2D eigenvalue weighted by Gasteiger charge is -2.28. The Morgan fingerprint density at radius 1 is 0.545 bits per heavy atom. The number of hydrogen-bond acceptors (Lipinski definition) is 12. The van der Waals surface area contributed by atoms with Crippen molar-refractivity contribution in [3.8, 4) is 0 Å². The van der Waals surface area contributed by atoms with Crippen molar-refractivity contribution in [1.82, 2.24) is 37.2 Å². The van der Waals surface area contributed by atoms with Gasteiger partial charge in [0.2, 0.25) is 41.4 Å². The first-order valence-electron chi connectivity index (χ1n) is 17.7. The maximum atomic E-state index is 13.5. The number of aliphatic hydroxyl groups excluding tert-OH is 1. The summed E-state index contributed by atoms with van der Waals surface area (Å²) < 4.78 is 0. The van der Waals surface area contributed by atoms with Gasteiger partial charge in [0, 0.05) is 19.8 Å². The number of carbonyl (C=O) groups is 10. The van der Waals surface area contributed by atoms with Gasteiger partial charge in [-0.25, -0.2) is 4.79 Å². The van der Waals surface area contributed by atoms with Gasteiger partial charge in [0.05, 0.1) is 6.61 Å². The van der Waals surface area contributed by atoms with E-state index in [-0.39, 0.29) is 25.8 Å². The minimum Gasteiger partial charge on any atom is -0.481 e. The highest BCUT2D eigenvalue weighted by Gasteiger charge is 2.34. The summed E-state index contributed by atoms with van der Waals surface area (Å²) in [4.78, 5) is 124. The van der Waals surface area contributed by atoms with Gasteiger partial charge >= 0.3 is 17.9 Å². The maximum Gasteiger partial charge on any atom is 0.326 e. The standard InChI is InChI=1S/C33H56N8O14/c1-6-16(2)26(32(53)38-21(11-13-25(46)47)30(51)39-22(33(54)55)9-7-8-14-34)41-31(52)23(15-42)40-28(49)18(4)36-29(50)20(10-12-24(44)45)37-27(48)17(3)35-19(5)43/h16-18,20-23,26,42H,6-15,34H2,1-5H3,(H,35,43)(H,36,50)(H,37,48)(H,38,53)(H,39,51)(H,40,49)(H,41,52)(H,44,45)(H,46,47)(H,54,55)/t16-,17-,18-,20-,21-,22-,23-,26-/m0/s1. The zero-order valence-corrected chi connectivity index (χ0v) is 31.6. The van der Waals surface area contributed by atoms with Crippen LogP contribution in [0.4, 0.5) is 0 Å². The molecular weight excluding hydrogens is 732 g/mol. The second kappa shape index (κ2) is 25.6. The Morgan fingerprint density at radius 2 is 0.982 bits per heavy atom. The van der Waals surface area contributed by atoms with E-state index in [4.69, 9.17) is 10.8 Å². The first-order chi connectivity index (χ1) is 25.7. The van der Waals surface area contributed by atoms with E-state index in [1.165, 1.54) is 13.8 Å². The maximum absolute atomic E-state index is 13.5. The van der Waals surface area contributed by atoms with Gasteiger partial charge in [0.25, 0.3) is 0 Å². The summed E-state index contributed by atoms with van der Waals surface area (Å²) in [5, 5.41) is 54.0. The molecular formula is C33H56N8O14. The van der Waals surface area contributed by atoms with Gasteiger partial charge in [-0.3, -0.25) is 43.2 Å². The quantitative estimate of drug-likeness (QED) is 0.0358. The summed E-state index contributed by atoms with van der Waals surface area (Å²) in [5.74, 6) is -10.9. The van der Waals surface area contributed by atoms with Crippen LogP contribution in [0.15, 0.2) is 0 Å². The third kappa shape index (κ3) is 19.5. The Kier molecular flexibility index (Phi) is 23.1. The lowest BCUT2D eigenvalue weighted by molar-refractivity contribution is -0.143. The van der Waals surface area contributed by atoms with Crippen molar-refractivity contribution < 1.29 is 68.4 Å². The van der Waals surface area contributed by atoms with E-state index in [2.05, 4.69) is 37.2 Å². The second-order valence-corrected chi connectivity index (χ2v) is 12.9. The van der Waals surface area contributed by atoms with Crippen molar-refractivity contribution in [3.05, 3.63) is 0 Å². The largest absolute Gasteiger partial charge is 0.481 e. The SMILES string of the molecule is CC[C@H](C)[C@H](NC(=O)[C@H](CO)NC(=O)[C@H](C)NC(=O)[C@H](CCC(=O)O)NC(=O)[C@H](C)NC(C)=O)C(=O)N[C@@H](CCC(=O)O)C(=O)N[C@@H](CCCCN)C(=O)O. The summed E-state index contributed by atoms with van der Waals surface area (Å²) in [7, 11) is 0. The molecule has 55 heavy (non-hydrogen) atoms. The number of aliphatic carboxylic acids is 3. The van der Waals surface area contributed by atoms with Gasteiger partial charge in [0.1, 0.15) is 42.3 Å². The summed E-state index contributed by atoms with van der Waals surface area (Å²) in [5.41, 5.74) is 5.45. The number of nitrogens with two attached hydrogens (primary N) is 1. The minimum absolute atomic E-state index is 0.0149. The number of amides is 7. The molecule has 0 heterocycles. The number of carboxylic acid groups (broad SMARTS) is 3. The summed E-state index contributed by atoms with van der Waals surface area (Å²) in [6, 6.07) is -9.94. The molecule has 22 heteroatoms. The Labute approximate surface area is 317 Å². The van der Waals surface area contributed by atoms with Crippen molar-refractivity contribution in [2.24, 2.45) is 11.7 Å². The first kappa shape index (κ1) is 49.6. The molecule has 0 aliphatic rings. The molecule has 0 rings (SSSR count). The van der Waals surface area contributed by atoms with Crippen LogP contribution in [0.2, 0.25) is 0 Å². The van der Waals surface area contributed by atoms with Crippen LogP contribution in [0, 0.1) is 5.92 Å². The van der Waals surface area contributed by atoms with E-state index in [9.17, 15) is 63.3 Å². The van der Waals surface area contributed by atoms with E-state index in [0.29, 0.717) is 12.8 Å². The zero-order valence-electron chi connectivity index (χ0n) is 31.6. The number of carboxylic acids is 3. The molecule has 0 spiro atoms. The monoisotopic (exact) mass is 788 g/mol. The second-order valence-electron chi connectivity index (χ2n) is 12.9. The predicted molar refractivity (Wildman–Crippen MR) is 191 cm³/mol. The number of hydrogen-bond donors (Lipinski definition) is 12. The van der Waals surface area contributed by atoms with E-state index in [0.717, 1.165) is 6.92 Å². The van der Waals surface area contributed by atoms with Crippen molar-refractivity contribution in [2.45, 2.75) is 128 Å². The number of unbranched alkanes of at least 4 members (excludes halogenated alkanes) is 1. The third-order valence-corrected chi connectivity index (χ3v) is 8.30. The molecule has 22 nitrogen and oxygen atoms in total. The summed E-state index contributed by atoms with van der Waals surface area (Å²) in [6.07, 6.45) is -0.806. The van der Waals surface area contributed by atoms with Gasteiger partial charge in [-0.1, -0.05) is 20.3 Å². The fraction of sp³-hybridized carbons (Fsp3) is 0.697. The van der Waals surface area contributed by atoms with Crippen LogP contribution in [-0.4, -0.2) is 135 Å². The summed E-state index contributed by atoms with van der Waals surface area (Å²) in [6.45, 7) is 6.22. The average molecular weight is 789 g/mol. The topological polar surface area (TPSA) is 362 Å². The smallest absolute Gasteiger partial charge is 0.326 e. The van der Waals surface area contributed by atoms with Crippen LogP contribution in [-0.2, 0) is 47.9 Å². The van der Waals surface area contributed by atoms with Gasteiger partial charge in [-0.05, 0) is 58.4 Å². The van der Waals surface area contributed by atoms with E-state index in [1.54, 1.807) is 13.8 Å². The molecule has 0 aliphatic carbocycles. The highest BCUT2D eigenvalue weighted by Crippen LogP contribution is 2.11. The lowest BCUT2D eigenvalue weighted by atomic mass is 9.97. The number of aliphatic hydroxyl groups is 1. The molecule has 0 saturated heterocycles. The van der Waals surface area contributed by atoms with Crippen LogP contribution in [0.3, 0.4) is 0 Å². The molecule has 0 aromatic carbocycles. The molecule has 8 atom stereocenters. The normalized spacial score (nSPS) is 15.2. The minimum atomic E-state index is -1.69. The fourth-order valence-corrected chi connectivity index (χ4v) is 4.85. The van der Waals surface area contributed by atoms with Crippen molar-refractivity contribution in [3.63, 3.8) is 0 Å². The molecule has 0 bridgehead atoms. The van der Waals surface area contributed by atoms with E-state index < -0.39 is 133 Å². The molecule has 312 valence electrons. The molecule has 7 amide bonds. The van der Waals surface area contributed by atoms with Gasteiger partial charge in [0.15, 0.2) is 0 Å². The van der Waals surface area contributed by atoms with Crippen LogP contribution >= 0.6 is 0 Å². The number of nitrogens with one attached hydrogen (secondary N) is 7. The van der Waals surface area contributed by atoms with Crippen molar-refractivity contribution in [1.29, 1.82) is 0 Å². The highest BCUT2D eigenvalue weighted by atomic mass is 16.4. The van der Waals surface area contributed by atoms with Crippen molar-refractivity contribution >= 4 is 59.3 Å². The predicted octanol–water partition coefficient (Wildman–Crippen LogP) is -3.58. The molecule has 0 aromatic heterocycles. The van der Waals surface area contributed by atoms with Gasteiger partial charge in [-0.2, -0.15) is 0 Å². The molecule has 0 unspecified atom stereocenters. The van der Waals surface area contributed by atoms with Crippen LogP contribution in [0.1, 0.15) is 86.0 Å². The Hall–Kier alpha value is -5.38. The van der Waals surface area contributed by atoms with Gasteiger partial charge < -0.3 is 63.4 Å². The molecule has 0 saturated carbocycles. The van der Waals surface area contributed by atoms with E-state index in [1.807, 2.05) is 0 Å². The Morgan fingerprint density at radius 3 is 1.42 bits per heavy atom. The van der Waals surface area contributed by atoms with Crippen LogP contribution in [0.25, 0.3) is 0 Å². The number of carbonyl (C=O) groups excluding carboxylic acids is 7. The molecule has 13 N–H and O–H groups in total. The molecule has 0 aromatic rings. The zero-order chi connectivity index (χ0) is 42.4.